The summed E-state index contributed by atoms with van der Waals surface area (Å²) in [6.45, 7) is 7.00. The van der Waals surface area contributed by atoms with Crippen LogP contribution in [-0.2, 0) is 0 Å². The number of nitrogens with zero attached hydrogens (tertiary/aromatic N) is 1. The van der Waals surface area contributed by atoms with Gasteiger partial charge in [0.1, 0.15) is 0 Å². The molecule has 0 aromatic heterocycles. The van der Waals surface area contributed by atoms with Crippen molar-refractivity contribution < 1.29 is 0 Å². The van der Waals surface area contributed by atoms with Gasteiger partial charge in [0, 0.05) is 12.1 Å². The predicted molar refractivity (Wildman–Crippen MR) is 67.0 cm³/mol. The quantitative estimate of drug-likeness (QED) is 0.733. The second kappa shape index (κ2) is 7.24. The topological polar surface area (TPSA) is 29.3 Å². The van der Waals surface area contributed by atoms with E-state index < -0.39 is 0 Å². The summed E-state index contributed by atoms with van der Waals surface area (Å²) in [4.78, 5) is 2.70. The van der Waals surface area contributed by atoms with Crippen molar-refractivity contribution in [3.8, 4) is 0 Å². The molecule has 0 spiro atoms. The van der Waals surface area contributed by atoms with Crippen LogP contribution in [0, 0.1) is 0 Å². The van der Waals surface area contributed by atoms with E-state index in [1.165, 1.54) is 58.0 Å². The van der Waals surface area contributed by atoms with Gasteiger partial charge in [-0.3, -0.25) is 0 Å². The van der Waals surface area contributed by atoms with E-state index >= 15 is 0 Å². The Hall–Kier alpha value is -0.0800. The van der Waals surface area contributed by atoms with Crippen LogP contribution in [0.15, 0.2) is 0 Å². The fraction of sp³-hybridized carbons (Fsp3) is 1.00. The molecule has 0 saturated carbocycles. The van der Waals surface area contributed by atoms with E-state index in [1.807, 2.05) is 0 Å². The smallest absolute Gasteiger partial charge is 0.00951 e. The normalized spacial score (nSPS) is 25.4. The van der Waals surface area contributed by atoms with E-state index in [0.29, 0.717) is 6.04 Å². The van der Waals surface area contributed by atoms with Gasteiger partial charge < -0.3 is 10.6 Å². The highest BCUT2D eigenvalue weighted by Gasteiger charge is 2.20. The van der Waals surface area contributed by atoms with Crippen molar-refractivity contribution in [2.45, 2.75) is 70.9 Å². The molecule has 0 aromatic carbocycles. The zero-order valence-electron chi connectivity index (χ0n) is 10.5. The standard InChI is InChI=1S/C13H28N2/c1-3-7-13-9-4-5-10-15(13)11-6-8-12(2)14/h12-13H,3-11,14H2,1-2H3. The van der Waals surface area contributed by atoms with Crippen molar-refractivity contribution in [3.05, 3.63) is 0 Å². The van der Waals surface area contributed by atoms with Crippen molar-refractivity contribution in [1.82, 2.24) is 4.90 Å². The third-order valence-electron chi connectivity index (χ3n) is 3.48. The first kappa shape index (κ1) is 13.0. The molecule has 1 saturated heterocycles. The van der Waals surface area contributed by atoms with Crippen LogP contribution >= 0.6 is 0 Å². The molecule has 2 atom stereocenters. The molecule has 1 rings (SSSR count). The number of hydrogen-bond donors (Lipinski definition) is 1. The molecule has 0 radical (unpaired) electrons. The van der Waals surface area contributed by atoms with Gasteiger partial charge in [-0.15, -0.1) is 0 Å². The van der Waals surface area contributed by atoms with Gasteiger partial charge in [-0.1, -0.05) is 19.8 Å². The lowest BCUT2D eigenvalue weighted by Crippen LogP contribution is -2.40. The number of hydrogen-bond acceptors (Lipinski definition) is 2. The highest BCUT2D eigenvalue weighted by molar-refractivity contribution is 4.76. The molecule has 1 heterocycles. The van der Waals surface area contributed by atoms with E-state index in [0.717, 1.165) is 6.04 Å². The lowest BCUT2D eigenvalue weighted by atomic mass is 9.98. The van der Waals surface area contributed by atoms with E-state index in [4.69, 9.17) is 5.73 Å². The van der Waals surface area contributed by atoms with E-state index in [9.17, 15) is 0 Å². The second-order valence-electron chi connectivity index (χ2n) is 5.09. The maximum absolute atomic E-state index is 5.78. The van der Waals surface area contributed by atoms with Crippen LogP contribution in [0.3, 0.4) is 0 Å². The summed E-state index contributed by atoms with van der Waals surface area (Å²) >= 11 is 0. The summed E-state index contributed by atoms with van der Waals surface area (Å²) in [6.07, 6.45) is 9.43. The lowest BCUT2D eigenvalue weighted by Gasteiger charge is -2.35. The molecule has 1 aliphatic heterocycles. The molecular formula is C13H28N2. The Morgan fingerprint density at radius 1 is 1.40 bits per heavy atom. The molecule has 0 aliphatic carbocycles. The van der Waals surface area contributed by atoms with Crippen LogP contribution in [-0.4, -0.2) is 30.1 Å². The van der Waals surface area contributed by atoms with Crippen LogP contribution in [0.25, 0.3) is 0 Å². The van der Waals surface area contributed by atoms with Crippen molar-refractivity contribution >= 4 is 0 Å². The first-order valence-electron chi connectivity index (χ1n) is 6.73. The average molecular weight is 212 g/mol. The molecular weight excluding hydrogens is 184 g/mol. The number of rotatable bonds is 6. The maximum atomic E-state index is 5.78. The number of piperidine rings is 1. The van der Waals surface area contributed by atoms with E-state index in [2.05, 4.69) is 18.7 Å². The Morgan fingerprint density at radius 3 is 2.87 bits per heavy atom. The van der Waals surface area contributed by atoms with Crippen LogP contribution in [0.2, 0.25) is 0 Å². The minimum Gasteiger partial charge on any atom is -0.328 e. The van der Waals surface area contributed by atoms with Gasteiger partial charge >= 0.3 is 0 Å². The predicted octanol–water partition coefficient (Wildman–Crippen LogP) is 2.77. The Balaban J connectivity index is 2.23. The highest BCUT2D eigenvalue weighted by Crippen LogP contribution is 2.21. The van der Waals surface area contributed by atoms with Crippen LogP contribution in [0.5, 0.6) is 0 Å². The van der Waals surface area contributed by atoms with Crippen molar-refractivity contribution in [2.24, 2.45) is 5.73 Å². The zero-order valence-corrected chi connectivity index (χ0v) is 10.5. The van der Waals surface area contributed by atoms with Gasteiger partial charge in [-0.05, 0) is 52.1 Å². The van der Waals surface area contributed by atoms with Crippen LogP contribution in [0.4, 0.5) is 0 Å². The molecule has 0 bridgehead atoms. The van der Waals surface area contributed by atoms with Gasteiger partial charge in [-0.25, -0.2) is 0 Å². The molecule has 2 nitrogen and oxygen atoms in total. The first-order chi connectivity index (χ1) is 7.24. The third kappa shape index (κ3) is 4.98. The molecule has 90 valence electrons. The molecule has 2 heteroatoms. The minimum absolute atomic E-state index is 0.374. The highest BCUT2D eigenvalue weighted by atomic mass is 15.2. The van der Waals surface area contributed by atoms with Gasteiger partial charge in [0.05, 0.1) is 0 Å². The molecule has 15 heavy (non-hydrogen) atoms. The molecule has 0 aromatic rings. The van der Waals surface area contributed by atoms with Crippen molar-refractivity contribution in [1.29, 1.82) is 0 Å². The Bertz CT molecular complexity index is 155. The number of likely N-dealkylation sites (tertiary alicyclic amines) is 1. The summed E-state index contributed by atoms with van der Waals surface area (Å²) in [5, 5.41) is 0. The Morgan fingerprint density at radius 2 is 2.20 bits per heavy atom. The summed E-state index contributed by atoms with van der Waals surface area (Å²) in [7, 11) is 0. The summed E-state index contributed by atoms with van der Waals surface area (Å²) in [5.41, 5.74) is 5.78. The average Bonchev–Trinajstić information content (AvgIpc) is 2.20. The molecule has 2 N–H and O–H groups in total. The van der Waals surface area contributed by atoms with Gasteiger partial charge in [0.2, 0.25) is 0 Å². The first-order valence-corrected chi connectivity index (χ1v) is 6.73. The third-order valence-corrected chi connectivity index (χ3v) is 3.48. The van der Waals surface area contributed by atoms with Crippen molar-refractivity contribution in [3.63, 3.8) is 0 Å². The van der Waals surface area contributed by atoms with Gasteiger partial charge in [0.15, 0.2) is 0 Å². The van der Waals surface area contributed by atoms with Crippen LogP contribution < -0.4 is 5.73 Å². The van der Waals surface area contributed by atoms with E-state index in [-0.39, 0.29) is 0 Å². The molecule has 2 unspecified atom stereocenters. The lowest BCUT2D eigenvalue weighted by molar-refractivity contribution is 0.136. The summed E-state index contributed by atoms with van der Waals surface area (Å²) < 4.78 is 0. The molecule has 1 aliphatic rings. The Kier molecular flexibility index (Phi) is 6.26. The van der Waals surface area contributed by atoms with Crippen LogP contribution in [0.1, 0.15) is 58.8 Å². The van der Waals surface area contributed by atoms with E-state index in [1.54, 1.807) is 0 Å². The fourth-order valence-corrected chi connectivity index (χ4v) is 2.63. The minimum atomic E-state index is 0.374. The zero-order chi connectivity index (χ0) is 11.1. The fourth-order valence-electron chi connectivity index (χ4n) is 2.63. The summed E-state index contributed by atoms with van der Waals surface area (Å²) in [6, 6.07) is 1.25. The van der Waals surface area contributed by atoms with Gasteiger partial charge in [-0.2, -0.15) is 0 Å². The monoisotopic (exact) mass is 212 g/mol. The van der Waals surface area contributed by atoms with Crippen molar-refractivity contribution in [2.75, 3.05) is 13.1 Å². The maximum Gasteiger partial charge on any atom is 0.00951 e. The second-order valence-corrected chi connectivity index (χ2v) is 5.09. The largest absolute Gasteiger partial charge is 0.328 e. The SMILES string of the molecule is CCCC1CCCCN1CCCC(C)N. The molecule has 1 fully saturated rings. The van der Waals surface area contributed by atoms with Gasteiger partial charge in [0.25, 0.3) is 0 Å². The molecule has 0 amide bonds. The number of nitrogens with two attached hydrogens (primary N) is 1. The summed E-state index contributed by atoms with van der Waals surface area (Å²) in [5.74, 6) is 0. The Labute approximate surface area is 95.2 Å².